The summed E-state index contributed by atoms with van der Waals surface area (Å²) >= 11 is 0. The Morgan fingerprint density at radius 1 is 1.47 bits per heavy atom. The first kappa shape index (κ1) is 11.0. The van der Waals surface area contributed by atoms with Crippen molar-refractivity contribution in [3.63, 3.8) is 0 Å². The topological polar surface area (TPSA) is 90.4 Å². The molecule has 6 heteroatoms. The van der Waals surface area contributed by atoms with E-state index in [0.717, 1.165) is 0 Å². The van der Waals surface area contributed by atoms with Gasteiger partial charge in [-0.05, 0) is 12.1 Å². The van der Waals surface area contributed by atoms with Crippen LogP contribution in [-0.2, 0) is 7.05 Å². The van der Waals surface area contributed by atoms with Crippen molar-refractivity contribution in [2.75, 3.05) is 5.73 Å². The van der Waals surface area contributed by atoms with Gasteiger partial charge in [-0.1, -0.05) is 6.07 Å². The molecule has 88 valence electrons. The molecule has 0 aliphatic rings. The number of esters is 1. The molecule has 0 spiro atoms. The van der Waals surface area contributed by atoms with E-state index in [0.29, 0.717) is 0 Å². The maximum Gasteiger partial charge on any atom is 0.362 e. The lowest BCUT2D eigenvalue weighted by Crippen LogP contribution is -2.13. The number of hydrogen-bond donors (Lipinski definition) is 2. The van der Waals surface area contributed by atoms with Crippen molar-refractivity contribution < 1.29 is 14.6 Å². The van der Waals surface area contributed by atoms with Gasteiger partial charge in [-0.3, -0.25) is 4.68 Å². The maximum atomic E-state index is 11.7. The van der Waals surface area contributed by atoms with Crippen molar-refractivity contribution in [1.29, 1.82) is 0 Å². The fourth-order valence-electron chi connectivity index (χ4n) is 1.39. The number of nitrogens with two attached hydrogens (primary N) is 1. The molecule has 0 fully saturated rings. The molecular weight excluding hydrogens is 222 g/mol. The number of carbonyl (C=O) groups excluding carboxylic acids is 1. The smallest absolute Gasteiger partial charge is 0.362 e. The number of hydrogen-bond acceptors (Lipinski definition) is 5. The second-order valence-electron chi connectivity index (χ2n) is 3.46. The molecule has 0 aliphatic heterocycles. The summed E-state index contributed by atoms with van der Waals surface area (Å²) in [7, 11) is 1.59. The van der Waals surface area contributed by atoms with Crippen molar-refractivity contribution in [2.24, 2.45) is 7.05 Å². The molecule has 1 aromatic carbocycles. The van der Waals surface area contributed by atoms with E-state index in [4.69, 9.17) is 10.5 Å². The van der Waals surface area contributed by atoms with Crippen molar-refractivity contribution in [3.8, 4) is 11.5 Å². The first-order valence-electron chi connectivity index (χ1n) is 4.87. The summed E-state index contributed by atoms with van der Waals surface area (Å²) in [5.41, 5.74) is 5.70. The summed E-state index contributed by atoms with van der Waals surface area (Å²) in [6.07, 6.45) is 0. The highest BCUT2D eigenvalue weighted by atomic mass is 16.5. The third-order valence-corrected chi connectivity index (χ3v) is 2.14. The fraction of sp³-hybridized carbons (Fsp3) is 0.0909. The molecular formula is C11H11N3O3. The Labute approximate surface area is 97.2 Å². The summed E-state index contributed by atoms with van der Waals surface area (Å²) in [5.74, 6) is -0.0488. The highest BCUT2D eigenvalue weighted by Crippen LogP contribution is 2.19. The van der Waals surface area contributed by atoms with Gasteiger partial charge < -0.3 is 15.6 Å². The first-order chi connectivity index (χ1) is 8.06. The lowest BCUT2D eigenvalue weighted by molar-refractivity contribution is 0.0723. The predicted molar refractivity (Wildman–Crippen MR) is 60.7 cm³/mol. The van der Waals surface area contributed by atoms with Crippen molar-refractivity contribution in [2.45, 2.75) is 0 Å². The van der Waals surface area contributed by atoms with Crippen LogP contribution < -0.4 is 10.5 Å². The van der Waals surface area contributed by atoms with E-state index in [9.17, 15) is 9.90 Å². The molecule has 0 unspecified atom stereocenters. The standard InChI is InChI=1S/C11H11N3O3/c1-14-9(6-10(12)13-14)11(16)17-8-4-2-3-7(15)5-8/h2-6,15H,1H3,(H2,12,13). The number of ether oxygens (including phenoxy) is 1. The van der Waals surface area contributed by atoms with Gasteiger partial charge in [0.05, 0.1) is 0 Å². The number of phenolic OH excluding ortho intramolecular Hbond substituents is 1. The van der Waals surface area contributed by atoms with Gasteiger partial charge in [-0.15, -0.1) is 0 Å². The number of carbonyl (C=O) groups is 1. The minimum Gasteiger partial charge on any atom is -0.508 e. The zero-order valence-corrected chi connectivity index (χ0v) is 9.12. The number of nitrogens with zero attached hydrogens (tertiary/aromatic N) is 2. The summed E-state index contributed by atoms with van der Waals surface area (Å²) in [4.78, 5) is 11.7. The second-order valence-corrected chi connectivity index (χ2v) is 3.46. The van der Waals surface area contributed by atoms with Crippen molar-refractivity contribution >= 4 is 11.8 Å². The molecule has 2 aromatic rings. The second kappa shape index (κ2) is 4.17. The van der Waals surface area contributed by atoms with Crippen LogP contribution in [0.15, 0.2) is 30.3 Å². The van der Waals surface area contributed by atoms with Crippen LogP contribution in [-0.4, -0.2) is 20.9 Å². The van der Waals surface area contributed by atoms with Crippen LogP contribution in [0.5, 0.6) is 11.5 Å². The quantitative estimate of drug-likeness (QED) is 0.594. The van der Waals surface area contributed by atoms with Gasteiger partial charge in [-0.25, -0.2) is 4.79 Å². The summed E-state index contributed by atoms with van der Waals surface area (Å²) in [6, 6.07) is 7.40. The number of anilines is 1. The Kier molecular flexibility index (Phi) is 2.70. The molecule has 0 amide bonds. The van der Waals surface area contributed by atoms with Crippen LogP contribution in [0, 0.1) is 0 Å². The van der Waals surface area contributed by atoms with Crippen LogP contribution in [0.2, 0.25) is 0 Å². The number of nitrogen functional groups attached to an aromatic ring is 1. The van der Waals surface area contributed by atoms with E-state index in [2.05, 4.69) is 5.10 Å². The highest BCUT2D eigenvalue weighted by molar-refractivity contribution is 5.90. The molecule has 0 radical (unpaired) electrons. The molecule has 2 rings (SSSR count). The van der Waals surface area contributed by atoms with E-state index >= 15 is 0 Å². The lowest BCUT2D eigenvalue weighted by atomic mass is 10.3. The molecule has 0 atom stereocenters. The van der Waals surface area contributed by atoms with Crippen molar-refractivity contribution in [3.05, 3.63) is 36.0 Å². The first-order valence-corrected chi connectivity index (χ1v) is 4.87. The van der Waals surface area contributed by atoms with E-state index in [1.54, 1.807) is 19.2 Å². The molecule has 6 nitrogen and oxygen atoms in total. The van der Waals surface area contributed by atoms with E-state index < -0.39 is 5.97 Å². The molecule has 0 aliphatic carbocycles. The maximum absolute atomic E-state index is 11.7. The summed E-state index contributed by atoms with van der Waals surface area (Å²) in [6.45, 7) is 0. The number of aryl methyl sites for hydroxylation is 1. The highest BCUT2D eigenvalue weighted by Gasteiger charge is 2.14. The van der Waals surface area contributed by atoms with Crippen LogP contribution in [0.4, 0.5) is 5.82 Å². The predicted octanol–water partition coefficient (Wildman–Crippen LogP) is 0.927. The number of aromatic nitrogens is 2. The van der Waals surface area contributed by atoms with Crippen LogP contribution in [0.1, 0.15) is 10.5 Å². The van der Waals surface area contributed by atoms with Crippen molar-refractivity contribution in [1.82, 2.24) is 9.78 Å². The average Bonchev–Trinajstić information content (AvgIpc) is 2.58. The monoisotopic (exact) mass is 233 g/mol. The third-order valence-electron chi connectivity index (χ3n) is 2.14. The lowest BCUT2D eigenvalue weighted by Gasteiger charge is -2.04. The Bertz CT molecular complexity index is 563. The van der Waals surface area contributed by atoms with Gasteiger partial charge in [0.2, 0.25) is 0 Å². The molecule has 17 heavy (non-hydrogen) atoms. The summed E-state index contributed by atoms with van der Waals surface area (Å²) in [5, 5.41) is 13.1. The molecule has 1 heterocycles. The number of aromatic hydroxyl groups is 1. The zero-order chi connectivity index (χ0) is 12.4. The largest absolute Gasteiger partial charge is 0.508 e. The SMILES string of the molecule is Cn1nc(N)cc1C(=O)Oc1cccc(O)c1. The average molecular weight is 233 g/mol. The Morgan fingerprint density at radius 3 is 2.82 bits per heavy atom. The van der Waals surface area contributed by atoms with Gasteiger partial charge >= 0.3 is 5.97 Å². The zero-order valence-electron chi connectivity index (χ0n) is 9.12. The number of phenols is 1. The van der Waals surface area contributed by atoms with E-state index in [1.807, 2.05) is 0 Å². The van der Waals surface area contributed by atoms with Crippen LogP contribution in [0.25, 0.3) is 0 Å². The van der Waals surface area contributed by atoms with E-state index in [1.165, 1.54) is 22.9 Å². The fourth-order valence-corrected chi connectivity index (χ4v) is 1.39. The molecule has 3 N–H and O–H groups in total. The number of rotatable bonds is 2. The summed E-state index contributed by atoms with van der Waals surface area (Å²) < 4.78 is 6.39. The van der Waals surface area contributed by atoms with Gasteiger partial charge in [-0.2, -0.15) is 5.10 Å². The van der Waals surface area contributed by atoms with Gasteiger partial charge in [0.15, 0.2) is 0 Å². The normalized spacial score (nSPS) is 10.2. The minimum atomic E-state index is -0.581. The van der Waals surface area contributed by atoms with Gasteiger partial charge in [0, 0.05) is 19.2 Å². The third kappa shape index (κ3) is 2.36. The Morgan fingerprint density at radius 2 is 2.24 bits per heavy atom. The van der Waals surface area contributed by atoms with Gasteiger partial charge in [0.1, 0.15) is 23.0 Å². The molecule has 1 aromatic heterocycles. The molecule has 0 bridgehead atoms. The molecule has 0 saturated carbocycles. The van der Waals surface area contributed by atoms with Crippen LogP contribution >= 0.6 is 0 Å². The van der Waals surface area contributed by atoms with E-state index in [-0.39, 0.29) is 23.0 Å². The Balaban J connectivity index is 2.20. The number of benzene rings is 1. The molecule has 0 saturated heterocycles. The van der Waals surface area contributed by atoms with Crippen LogP contribution in [0.3, 0.4) is 0 Å². The van der Waals surface area contributed by atoms with Gasteiger partial charge in [0.25, 0.3) is 0 Å². The Hall–Kier alpha value is -2.50. The minimum absolute atomic E-state index is 0.0276.